The maximum absolute atomic E-state index is 13.1. The summed E-state index contributed by atoms with van der Waals surface area (Å²) in [6.07, 6.45) is 0.442. The Morgan fingerprint density at radius 3 is 2.39 bits per heavy atom. The van der Waals surface area contributed by atoms with E-state index in [0.29, 0.717) is 24.5 Å². The molecule has 162 valence electrons. The number of amides is 1. The van der Waals surface area contributed by atoms with Crippen LogP contribution in [0.5, 0.6) is 0 Å². The molecule has 1 saturated heterocycles. The van der Waals surface area contributed by atoms with Crippen molar-refractivity contribution in [2.24, 2.45) is 5.14 Å². The van der Waals surface area contributed by atoms with Crippen molar-refractivity contribution < 1.29 is 17.9 Å². The van der Waals surface area contributed by atoms with E-state index in [1.807, 2.05) is 44.2 Å². The van der Waals surface area contributed by atoms with Gasteiger partial charge >= 0.3 is 0 Å². The molecule has 0 aliphatic carbocycles. The third-order valence-electron chi connectivity index (χ3n) is 5.13. The summed E-state index contributed by atoms with van der Waals surface area (Å²) in [7, 11) is -3.81. The van der Waals surface area contributed by atoms with E-state index in [0.717, 1.165) is 5.56 Å². The summed E-state index contributed by atoms with van der Waals surface area (Å²) in [4.78, 5) is 19.2. The van der Waals surface area contributed by atoms with Gasteiger partial charge in [-0.05, 0) is 43.7 Å². The van der Waals surface area contributed by atoms with Crippen molar-refractivity contribution in [1.29, 1.82) is 0 Å². The van der Waals surface area contributed by atoms with Crippen LogP contribution in [0, 0.1) is 0 Å². The van der Waals surface area contributed by atoms with Gasteiger partial charge in [0.1, 0.15) is 12.6 Å². The van der Waals surface area contributed by atoms with Gasteiger partial charge in [-0.1, -0.05) is 30.3 Å². The lowest BCUT2D eigenvalue weighted by Crippen LogP contribution is -2.44. The fourth-order valence-corrected chi connectivity index (χ4v) is 3.92. The molecule has 1 aliphatic rings. The van der Waals surface area contributed by atoms with Crippen LogP contribution < -0.4 is 5.14 Å². The van der Waals surface area contributed by atoms with Gasteiger partial charge in [-0.25, -0.2) is 23.2 Å². The zero-order chi connectivity index (χ0) is 22.2. The van der Waals surface area contributed by atoms with Crippen molar-refractivity contribution in [3.63, 3.8) is 0 Å². The minimum Gasteiger partial charge on any atom is -0.359 e. The van der Waals surface area contributed by atoms with Gasteiger partial charge in [-0.2, -0.15) is 0 Å². The molecule has 0 spiro atoms. The van der Waals surface area contributed by atoms with Crippen LogP contribution in [-0.4, -0.2) is 52.9 Å². The van der Waals surface area contributed by atoms with Gasteiger partial charge in [0.15, 0.2) is 0 Å². The van der Waals surface area contributed by atoms with Crippen LogP contribution in [0.1, 0.15) is 35.9 Å². The van der Waals surface area contributed by atoms with Gasteiger partial charge in [-0.3, -0.25) is 4.79 Å². The molecule has 3 aromatic rings. The molecular weight excluding hydrogens is 418 g/mol. The summed E-state index contributed by atoms with van der Waals surface area (Å²) < 4.78 is 30.1. The Morgan fingerprint density at radius 1 is 1.13 bits per heavy atom. The van der Waals surface area contributed by atoms with E-state index < -0.39 is 15.6 Å². The van der Waals surface area contributed by atoms with Crippen LogP contribution in [0.3, 0.4) is 0 Å². The highest BCUT2D eigenvalue weighted by Crippen LogP contribution is 2.24. The second-order valence-electron chi connectivity index (χ2n) is 7.99. The van der Waals surface area contributed by atoms with Crippen LogP contribution in [0.2, 0.25) is 0 Å². The molecule has 2 heterocycles. The molecule has 1 amide bonds. The first-order valence-corrected chi connectivity index (χ1v) is 11.2. The van der Waals surface area contributed by atoms with Gasteiger partial charge < -0.3 is 9.64 Å². The number of rotatable bonds is 5. The van der Waals surface area contributed by atoms with Crippen LogP contribution in [0.25, 0.3) is 5.69 Å². The average molecular weight is 442 g/mol. The van der Waals surface area contributed by atoms with E-state index in [4.69, 9.17) is 9.88 Å². The van der Waals surface area contributed by atoms with Crippen molar-refractivity contribution in [2.75, 3.05) is 13.3 Å². The fourth-order valence-electron chi connectivity index (χ4n) is 3.41. The molecule has 10 heteroatoms. The number of primary sulfonamides is 1. The molecule has 9 nitrogen and oxygen atoms in total. The largest absolute Gasteiger partial charge is 0.359 e. The van der Waals surface area contributed by atoms with Crippen molar-refractivity contribution in [3.8, 4) is 5.69 Å². The average Bonchev–Trinajstić information content (AvgIpc) is 3.30. The third-order valence-corrected chi connectivity index (χ3v) is 6.06. The fraction of sp³-hybridized carbons (Fsp3) is 0.286. The summed E-state index contributed by atoms with van der Waals surface area (Å²) in [5, 5.41) is 9.65. The topological polar surface area (TPSA) is 120 Å². The van der Waals surface area contributed by atoms with Crippen molar-refractivity contribution >= 4 is 15.9 Å². The first-order chi connectivity index (χ1) is 14.6. The molecule has 2 N–H and O–H groups in total. The van der Waals surface area contributed by atoms with E-state index in [1.54, 1.807) is 21.7 Å². The lowest BCUT2D eigenvalue weighted by Gasteiger charge is -2.27. The number of aromatic nitrogens is 3. The number of hydrogen-bond acceptors (Lipinski definition) is 6. The molecule has 4 rings (SSSR count). The first-order valence-electron chi connectivity index (χ1n) is 9.68. The molecule has 2 aromatic carbocycles. The summed E-state index contributed by atoms with van der Waals surface area (Å²) >= 11 is 0. The molecule has 0 saturated carbocycles. The normalized spacial score (nSPS) is 15.9. The standard InChI is InChI=1S/C21H23N5O4S/c1-21(2)13-30-14-25(21)20(27)19-23-18(12-15-6-4-3-5-7-15)26(24-19)16-8-10-17(11-9-16)31(22,28)29/h3-11H,12-14H2,1-2H3,(H2,22,28,29). The highest BCUT2D eigenvalue weighted by molar-refractivity contribution is 7.89. The minimum absolute atomic E-state index is 0.00626. The van der Waals surface area contributed by atoms with Crippen LogP contribution >= 0.6 is 0 Å². The predicted octanol–water partition coefficient (Wildman–Crippen LogP) is 1.71. The Kier molecular flexibility index (Phi) is 5.38. The van der Waals surface area contributed by atoms with E-state index in [-0.39, 0.29) is 23.4 Å². The van der Waals surface area contributed by atoms with E-state index in [1.165, 1.54) is 12.1 Å². The predicted molar refractivity (Wildman–Crippen MR) is 113 cm³/mol. The SMILES string of the molecule is CC1(C)COCN1C(=O)c1nc(Cc2ccccc2)n(-c2ccc(S(N)(=O)=O)cc2)n1. The van der Waals surface area contributed by atoms with Gasteiger partial charge in [-0.15, -0.1) is 5.10 Å². The number of benzene rings is 2. The van der Waals surface area contributed by atoms with E-state index in [2.05, 4.69) is 10.1 Å². The van der Waals surface area contributed by atoms with E-state index in [9.17, 15) is 13.2 Å². The summed E-state index contributed by atoms with van der Waals surface area (Å²) in [5.41, 5.74) is 1.11. The van der Waals surface area contributed by atoms with Crippen LogP contribution in [-0.2, 0) is 21.2 Å². The van der Waals surface area contributed by atoms with Crippen molar-refractivity contribution in [2.45, 2.75) is 30.7 Å². The maximum atomic E-state index is 13.1. The van der Waals surface area contributed by atoms with E-state index >= 15 is 0 Å². The summed E-state index contributed by atoms with van der Waals surface area (Å²) in [6, 6.07) is 15.7. The van der Waals surface area contributed by atoms with Crippen LogP contribution in [0.15, 0.2) is 59.5 Å². The number of nitrogens with two attached hydrogens (primary N) is 1. The number of carbonyl (C=O) groups excluding carboxylic acids is 1. The Bertz CT molecular complexity index is 1200. The molecule has 1 fully saturated rings. The summed E-state index contributed by atoms with van der Waals surface area (Å²) in [5.74, 6) is 0.285. The van der Waals surface area contributed by atoms with Crippen molar-refractivity contribution in [3.05, 3.63) is 71.8 Å². The molecule has 0 radical (unpaired) electrons. The minimum atomic E-state index is -3.81. The lowest BCUT2D eigenvalue weighted by atomic mass is 10.1. The Labute approximate surface area is 180 Å². The number of carbonyl (C=O) groups is 1. The van der Waals surface area contributed by atoms with Crippen molar-refractivity contribution in [1.82, 2.24) is 19.7 Å². The second kappa shape index (κ2) is 7.88. The number of nitrogens with zero attached hydrogens (tertiary/aromatic N) is 4. The third kappa shape index (κ3) is 4.36. The molecule has 0 bridgehead atoms. The zero-order valence-electron chi connectivity index (χ0n) is 17.2. The smallest absolute Gasteiger partial charge is 0.295 e. The lowest BCUT2D eigenvalue weighted by molar-refractivity contribution is 0.0593. The van der Waals surface area contributed by atoms with Gasteiger partial charge in [0.05, 0.1) is 22.7 Å². The Hall–Kier alpha value is -3.08. The van der Waals surface area contributed by atoms with Gasteiger partial charge in [0.2, 0.25) is 15.8 Å². The Morgan fingerprint density at radius 2 is 1.81 bits per heavy atom. The van der Waals surface area contributed by atoms with Gasteiger partial charge in [0, 0.05) is 6.42 Å². The van der Waals surface area contributed by atoms with Crippen LogP contribution in [0.4, 0.5) is 0 Å². The number of ether oxygens (including phenoxy) is 1. The molecule has 1 aromatic heterocycles. The second-order valence-corrected chi connectivity index (χ2v) is 9.55. The highest BCUT2D eigenvalue weighted by Gasteiger charge is 2.38. The Balaban J connectivity index is 1.74. The zero-order valence-corrected chi connectivity index (χ0v) is 18.0. The molecule has 31 heavy (non-hydrogen) atoms. The van der Waals surface area contributed by atoms with Gasteiger partial charge in [0.25, 0.3) is 5.91 Å². The maximum Gasteiger partial charge on any atom is 0.295 e. The molecule has 0 unspecified atom stereocenters. The molecular formula is C21H23N5O4S. The highest BCUT2D eigenvalue weighted by atomic mass is 32.2. The monoisotopic (exact) mass is 441 g/mol. The number of sulfonamides is 1. The quantitative estimate of drug-likeness (QED) is 0.644. The molecule has 1 aliphatic heterocycles. The summed E-state index contributed by atoms with van der Waals surface area (Å²) in [6.45, 7) is 4.46. The molecule has 0 atom stereocenters. The number of hydrogen-bond donors (Lipinski definition) is 1. The first kappa shape index (κ1) is 21.2.